The Hall–Kier alpha value is -1.57. The fourth-order valence-electron chi connectivity index (χ4n) is 1.69. The predicted octanol–water partition coefficient (Wildman–Crippen LogP) is 2.80. The first-order valence-electron chi connectivity index (χ1n) is 5.06. The highest BCUT2D eigenvalue weighted by Crippen LogP contribution is 2.46. The predicted molar refractivity (Wildman–Crippen MR) is 59.2 cm³/mol. The average Bonchev–Trinajstić information content (AvgIpc) is 2.76. The molecule has 0 aromatic heterocycles. The Morgan fingerprint density at radius 3 is 2.67 bits per heavy atom. The molecule has 0 N–H and O–H groups in total. The van der Waals surface area contributed by atoms with Crippen molar-refractivity contribution in [1.29, 1.82) is 0 Å². The molecule has 15 heavy (non-hydrogen) atoms. The van der Waals surface area contributed by atoms with Gasteiger partial charge in [-0.15, -0.1) is 0 Å². The first-order valence-corrected chi connectivity index (χ1v) is 5.06. The van der Waals surface area contributed by atoms with Crippen molar-refractivity contribution in [3.63, 3.8) is 0 Å². The molecule has 2 rings (SSSR count). The molecule has 0 aliphatic heterocycles. The molecule has 1 aliphatic rings. The zero-order chi connectivity index (χ0) is 10.9. The molecule has 0 unspecified atom stereocenters. The number of benzene rings is 1. The van der Waals surface area contributed by atoms with Gasteiger partial charge in [-0.2, -0.15) is 0 Å². The van der Waals surface area contributed by atoms with Crippen LogP contribution in [0.4, 0.5) is 0 Å². The highest BCUT2D eigenvalue weighted by atomic mass is 16.6. The van der Waals surface area contributed by atoms with Crippen LogP contribution >= 0.6 is 0 Å². The van der Waals surface area contributed by atoms with Crippen LogP contribution < -0.4 is 0 Å². The van der Waals surface area contributed by atoms with Crippen LogP contribution in [0.2, 0.25) is 0 Å². The lowest BCUT2D eigenvalue weighted by atomic mass is 10.2. The van der Waals surface area contributed by atoms with Gasteiger partial charge < -0.3 is 4.74 Å². The second-order valence-electron chi connectivity index (χ2n) is 4.08. The third-order valence-corrected chi connectivity index (χ3v) is 2.59. The molecule has 0 radical (unpaired) electrons. The van der Waals surface area contributed by atoms with E-state index in [2.05, 4.69) is 6.08 Å². The first kappa shape index (κ1) is 9.97. The molecule has 1 saturated carbocycles. The average molecular weight is 202 g/mol. The molecule has 1 aromatic rings. The molecule has 1 aromatic carbocycles. The van der Waals surface area contributed by atoms with Gasteiger partial charge in [0.1, 0.15) is 5.60 Å². The number of esters is 1. The minimum atomic E-state index is -0.346. The van der Waals surface area contributed by atoms with Gasteiger partial charge in [0.25, 0.3) is 0 Å². The van der Waals surface area contributed by atoms with Crippen LogP contribution in [0, 0.1) is 0 Å². The van der Waals surface area contributed by atoms with E-state index < -0.39 is 0 Å². The van der Waals surface area contributed by atoms with Crippen LogP contribution in [-0.4, -0.2) is 11.6 Å². The van der Waals surface area contributed by atoms with Crippen molar-refractivity contribution in [3.05, 3.63) is 41.5 Å². The SMILES string of the molecule is CC(=O)O[C@@]1(C)C/C1=C\c1ccccc1. The summed E-state index contributed by atoms with van der Waals surface area (Å²) in [5.74, 6) is -0.214. The molecule has 0 spiro atoms. The Morgan fingerprint density at radius 2 is 2.07 bits per heavy atom. The minimum Gasteiger partial charge on any atom is -0.455 e. The molecule has 0 bridgehead atoms. The van der Waals surface area contributed by atoms with Gasteiger partial charge >= 0.3 is 5.97 Å². The van der Waals surface area contributed by atoms with E-state index in [4.69, 9.17) is 4.74 Å². The van der Waals surface area contributed by atoms with Gasteiger partial charge in [-0.05, 0) is 18.1 Å². The molecule has 1 fully saturated rings. The second kappa shape index (κ2) is 3.54. The van der Waals surface area contributed by atoms with E-state index in [-0.39, 0.29) is 11.6 Å². The van der Waals surface area contributed by atoms with Crippen LogP contribution in [0.1, 0.15) is 25.8 Å². The summed E-state index contributed by atoms with van der Waals surface area (Å²) in [6.45, 7) is 3.40. The highest BCUT2D eigenvalue weighted by Gasteiger charge is 2.47. The Balaban J connectivity index is 2.10. The Kier molecular flexibility index (Phi) is 2.35. The Labute approximate surface area is 89.6 Å². The summed E-state index contributed by atoms with van der Waals surface area (Å²) in [7, 11) is 0. The van der Waals surface area contributed by atoms with Gasteiger partial charge in [-0.25, -0.2) is 0 Å². The zero-order valence-corrected chi connectivity index (χ0v) is 8.99. The van der Waals surface area contributed by atoms with Crippen LogP contribution in [0.3, 0.4) is 0 Å². The molecule has 0 saturated heterocycles. The summed E-state index contributed by atoms with van der Waals surface area (Å²) in [6.07, 6.45) is 2.93. The molecular formula is C13H14O2. The molecule has 2 heteroatoms. The van der Waals surface area contributed by atoms with Gasteiger partial charge in [0, 0.05) is 13.3 Å². The van der Waals surface area contributed by atoms with E-state index in [0.29, 0.717) is 0 Å². The van der Waals surface area contributed by atoms with E-state index >= 15 is 0 Å². The number of rotatable bonds is 2. The summed E-state index contributed by atoms with van der Waals surface area (Å²) < 4.78 is 5.23. The molecule has 0 heterocycles. The molecule has 1 atom stereocenters. The van der Waals surface area contributed by atoms with E-state index in [0.717, 1.165) is 12.0 Å². The first-order chi connectivity index (χ1) is 7.10. The van der Waals surface area contributed by atoms with Gasteiger partial charge in [0.05, 0.1) is 0 Å². The summed E-state index contributed by atoms with van der Waals surface area (Å²) in [5, 5.41) is 0. The lowest BCUT2D eigenvalue weighted by Crippen LogP contribution is -2.13. The van der Waals surface area contributed by atoms with Crippen molar-refractivity contribution >= 4 is 12.0 Å². The summed E-state index contributed by atoms with van der Waals surface area (Å²) >= 11 is 0. The number of ether oxygens (including phenoxy) is 1. The van der Waals surface area contributed by atoms with Crippen LogP contribution in [0.5, 0.6) is 0 Å². The summed E-state index contributed by atoms with van der Waals surface area (Å²) in [6, 6.07) is 10.1. The maximum atomic E-state index is 10.8. The Bertz CT molecular complexity index is 406. The molecular weight excluding hydrogens is 188 g/mol. The zero-order valence-electron chi connectivity index (χ0n) is 8.99. The quantitative estimate of drug-likeness (QED) is 0.689. The van der Waals surface area contributed by atoms with Crippen molar-refractivity contribution in [2.75, 3.05) is 0 Å². The number of hydrogen-bond donors (Lipinski definition) is 0. The molecule has 78 valence electrons. The summed E-state index contributed by atoms with van der Waals surface area (Å²) in [4.78, 5) is 10.8. The number of carbonyl (C=O) groups excluding carboxylic acids is 1. The van der Waals surface area contributed by atoms with Crippen LogP contribution in [0.25, 0.3) is 6.08 Å². The van der Waals surface area contributed by atoms with Gasteiger partial charge in [0.2, 0.25) is 0 Å². The smallest absolute Gasteiger partial charge is 0.303 e. The highest BCUT2D eigenvalue weighted by molar-refractivity contribution is 5.70. The van der Waals surface area contributed by atoms with Crippen molar-refractivity contribution < 1.29 is 9.53 Å². The van der Waals surface area contributed by atoms with Crippen LogP contribution in [0.15, 0.2) is 35.9 Å². The Morgan fingerprint density at radius 1 is 1.40 bits per heavy atom. The van der Waals surface area contributed by atoms with E-state index in [1.54, 1.807) is 0 Å². The molecule has 2 nitrogen and oxygen atoms in total. The van der Waals surface area contributed by atoms with E-state index in [1.165, 1.54) is 12.5 Å². The van der Waals surface area contributed by atoms with Crippen molar-refractivity contribution in [2.45, 2.75) is 25.9 Å². The minimum absolute atomic E-state index is 0.214. The van der Waals surface area contributed by atoms with Gasteiger partial charge in [-0.1, -0.05) is 36.4 Å². The number of hydrogen-bond acceptors (Lipinski definition) is 2. The van der Waals surface area contributed by atoms with Crippen LogP contribution in [-0.2, 0) is 9.53 Å². The fourth-order valence-corrected chi connectivity index (χ4v) is 1.69. The monoisotopic (exact) mass is 202 g/mol. The number of carbonyl (C=O) groups is 1. The maximum absolute atomic E-state index is 10.8. The fraction of sp³-hybridized carbons (Fsp3) is 0.308. The van der Waals surface area contributed by atoms with Crippen molar-refractivity contribution in [1.82, 2.24) is 0 Å². The third-order valence-electron chi connectivity index (χ3n) is 2.59. The molecule has 1 aliphatic carbocycles. The molecule has 0 amide bonds. The van der Waals surface area contributed by atoms with Crippen molar-refractivity contribution in [3.8, 4) is 0 Å². The third kappa shape index (κ3) is 2.27. The topological polar surface area (TPSA) is 26.3 Å². The van der Waals surface area contributed by atoms with Crippen molar-refractivity contribution in [2.24, 2.45) is 0 Å². The lowest BCUT2D eigenvalue weighted by molar-refractivity contribution is -0.146. The lowest BCUT2D eigenvalue weighted by Gasteiger charge is -2.07. The summed E-state index contributed by atoms with van der Waals surface area (Å²) in [5.41, 5.74) is 1.99. The second-order valence-corrected chi connectivity index (χ2v) is 4.08. The van der Waals surface area contributed by atoms with E-state index in [1.807, 2.05) is 37.3 Å². The standard InChI is InChI=1S/C13H14O2/c1-10(14)15-13(2)9-12(13)8-11-6-4-3-5-7-11/h3-8H,9H2,1-2H3/b12-8+/t13-/m0/s1. The normalized spacial score (nSPS) is 26.4. The van der Waals surface area contributed by atoms with Gasteiger partial charge in [-0.3, -0.25) is 4.79 Å². The largest absolute Gasteiger partial charge is 0.455 e. The van der Waals surface area contributed by atoms with E-state index in [9.17, 15) is 4.79 Å². The maximum Gasteiger partial charge on any atom is 0.303 e. The van der Waals surface area contributed by atoms with Gasteiger partial charge in [0.15, 0.2) is 0 Å².